The number of hydrogen-bond acceptors (Lipinski definition) is 3. The van der Waals surface area contributed by atoms with Gasteiger partial charge in [-0.05, 0) is 30.7 Å². The fourth-order valence-corrected chi connectivity index (χ4v) is 3.60. The summed E-state index contributed by atoms with van der Waals surface area (Å²) in [6.45, 7) is 7.75. The molecule has 2 aromatic carbocycles. The average Bonchev–Trinajstić information content (AvgIpc) is 2.51. The van der Waals surface area contributed by atoms with E-state index in [1.54, 1.807) is 0 Å². The number of nitrogens with one attached hydrogen (secondary N) is 1. The largest absolute Gasteiger partial charge is 0.457 e. The van der Waals surface area contributed by atoms with Gasteiger partial charge in [0.15, 0.2) is 0 Å². The van der Waals surface area contributed by atoms with Gasteiger partial charge in [-0.25, -0.2) is 0 Å². The lowest BCUT2D eigenvalue weighted by atomic mass is 9.70. The van der Waals surface area contributed by atoms with Crippen LogP contribution in [0.15, 0.2) is 42.5 Å². The Hall–Kier alpha value is -2.00. The van der Waals surface area contributed by atoms with E-state index in [1.165, 1.54) is 6.92 Å². The molecule has 2 unspecified atom stereocenters. The highest BCUT2D eigenvalue weighted by molar-refractivity contribution is 6.30. The van der Waals surface area contributed by atoms with Crippen molar-refractivity contribution in [2.45, 2.75) is 39.8 Å². The monoisotopic (exact) mass is 343 g/mol. The van der Waals surface area contributed by atoms with Gasteiger partial charge in [0.25, 0.3) is 0 Å². The van der Waals surface area contributed by atoms with Crippen LogP contribution in [0.25, 0.3) is 0 Å². The molecule has 1 aliphatic heterocycles. The lowest BCUT2D eigenvalue weighted by Crippen LogP contribution is -2.40. The van der Waals surface area contributed by atoms with Crippen LogP contribution >= 0.6 is 11.6 Å². The molecule has 0 fully saturated rings. The Morgan fingerprint density at radius 2 is 1.83 bits per heavy atom. The summed E-state index contributed by atoms with van der Waals surface area (Å²) in [6.07, 6.45) is -0.313. The Bertz CT molecular complexity index is 768. The van der Waals surface area contributed by atoms with Crippen molar-refractivity contribution in [2.24, 2.45) is 5.41 Å². The average molecular weight is 344 g/mol. The topological polar surface area (TPSA) is 38.3 Å². The third kappa shape index (κ3) is 3.01. The summed E-state index contributed by atoms with van der Waals surface area (Å²) in [4.78, 5) is 11.7. The maximum absolute atomic E-state index is 11.7. The first-order valence-corrected chi connectivity index (χ1v) is 8.46. The Morgan fingerprint density at radius 3 is 2.46 bits per heavy atom. The molecule has 4 heteroatoms. The molecular weight excluding hydrogens is 322 g/mol. The molecule has 1 N–H and O–H groups in total. The number of halogens is 1. The molecule has 24 heavy (non-hydrogen) atoms. The molecule has 1 heterocycles. The van der Waals surface area contributed by atoms with Gasteiger partial charge in [0, 0.05) is 28.6 Å². The van der Waals surface area contributed by atoms with Crippen molar-refractivity contribution in [3.8, 4) is 0 Å². The lowest BCUT2D eigenvalue weighted by molar-refractivity contribution is -0.154. The van der Waals surface area contributed by atoms with E-state index in [0.29, 0.717) is 5.02 Å². The third-order valence-electron chi connectivity index (χ3n) is 4.70. The molecule has 126 valence electrons. The summed E-state index contributed by atoms with van der Waals surface area (Å²) in [5.74, 6) is -0.266. The zero-order valence-corrected chi connectivity index (χ0v) is 15.1. The number of esters is 1. The van der Waals surface area contributed by atoms with Crippen molar-refractivity contribution in [3.05, 3.63) is 64.2 Å². The molecule has 0 bridgehead atoms. The Labute approximate surface area is 148 Å². The van der Waals surface area contributed by atoms with Crippen LogP contribution in [-0.2, 0) is 9.53 Å². The minimum Gasteiger partial charge on any atom is -0.457 e. The molecule has 0 aliphatic carbocycles. The molecule has 1 aliphatic rings. The highest BCUT2D eigenvalue weighted by atomic mass is 35.5. The second kappa shape index (κ2) is 6.14. The maximum atomic E-state index is 11.7. The van der Waals surface area contributed by atoms with Gasteiger partial charge < -0.3 is 10.1 Å². The molecule has 0 spiro atoms. The highest BCUT2D eigenvalue weighted by Gasteiger charge is 2.46. The van der Waals surface area contributed by atoms with Crippen LogP contribution < -0.4 is 5.32 Å². The van der Waals surface area contributed by atoms with Crippen LogP contribution in [0.4, 0.5) is 5.69 Å². The van der Waals surface area contributed by atoms with Crippen molar-refractivity contribution in [3.63, 3.8) is 0 Å². The molecule has 0 amide bonds. The predicted octanol–water partition coefficient (Wildman–Crippen LogP) is 5.45. The molecule has 0 radical (unpaired) electrons. The summed E-state index contributed by atoms with van der Waals surface area (Å²) in [6, 6.07) is 14.0. The molecule has 0 aromatic heterocycles. The zero-order valence-electron chi connectivity index (χ0n) is 14.4. The van der Waals surface area contributed by atoms with Crippen LogP contribution in [0, 0.1) is 12.3 Å². The summed E-state index contributed by atoms with van der Waals surface area (Å²) < 4.78 is 5.76. The second-order valence-electron chi connectivity index (χ2n) is 7.03. The first-order valence-electron chi connectivity index (χ1n) is 8.09. The Morgan fingerprint density at radius 1 is 1.17 bits per heavy atom. The van der Waals surface area contributed by atoms with Crippen molar-refractivity contribution in [2.75, 3.05) is 5.32 Å². The van der Waals surface area contributed by atoms with Gasteiger partial charge in [-0.3, -0.25) is 4.79 Å². The fourth-order valence-electron chi connectivity index (χ4n) is 3.47. The van der Waals surface area contributed by atoms with Crippen molar-refractivity contribution < 1.29 is 9.53 Å². The van der Waals surface area contributed by atoms with Crippen LogP contribution in [0.5, 0.6) is 0 Å². The van der Waals surface area contributed by atoms with E-state index in [4.69, 9.17) is 16.3 Å². The summed E-state index contributed by atoms with van der Waals surface area (Å²) in [5, 5.41) is 4.33. The SMILES string of the molecule is CC(=O)OC1c2cc(C)ccc2NC(c2ccc(Cl)cc2)C1(C)C. The first kappa shape index (κ1) is 16.8. The van der Waals surface area contributed by atoms with Crippen molar-refractivity contribution in [1.82, 2.24) is 0 Å². The number of anilines is 1. The summed E-state index contributed by atoms with van der Waals surface area (Å²) in [7, 11) is 0. The molecular formula is C20H22ClNO2. The smallest absolute Gasteiger partial charge is 0.303 e. The van der Waals surface area contributed by atoms with E-state index in [1.807, 2.05) is 31.2 Å². The maximum Gasteiger partial charge on any atom is 0.303 e. The van der Waals surface area contributed by atoms with E-state index in [0.717, 1.165) is 22.4 Å². The number of carbonyl (C=O) groups excluding carboxylic acids is 1. The number of ether oxygens (including phenoxy) is 1. The van der Waals surface area contributed by atoms with E-state index < -0.39 is 0 Å². The van der Waals surface area contributed by atoms with Crippen LogP contribution in [0.2, 0.25) is 5.02 Å². The van der Waals surface area contributed by atoms with Gasteiger partial charge in [0.2, 0.25) is 0 Å². The van der Waals surface area contributed by atoms with E-state index in [2.05, 4.69) is 37.4 Å². The van der Waals surface area contributed by atoms with Crippen molar-refractivity contribution in [1.29, 1.82) is 0 Å². The Balaban J connectivity index is 2.11. The lowest BCUT2D eigenvalue weighted by Gasteiger charge is -2.46. The molecule has 2 atom stereocenters. The normalized spacial score (nSPS) is 21.5. The number of benzene rings is 2. The van der Waals surface area contributed by atoms with Gasteiger partial charge in [-0.1, -0.05) is 55.3 Å². The highest BCUT2D eigenvalue weighted by Crippen LogP contribution is 2.53. The van der Waals surface area contributed by atoms with Gasteiger partial charge in [0.05, 0.1) is 6.04 Å². The van der Waals surface area contributed by atoms with Gasteiger partial charge in [0.1, 0.15) is 6.10 Å². The van der Waals surface area contributed by atoms with E-state index in [9.17, 15) is 4.79 Å². The number of fused-ring (bicyclic) bond motifs is 1. The molecule has 0 saturated heterocycles. The van der Waals surface area contributed by atoms with Crippen LogP contribution in [0.1, 0.15) is 49.6 Å². The van der Waals surface area contributed by atoms with Gasteiger partial charge in [-0.2, -0.15) is 0 Å². The second-order valence-corrected chi connectivity index (χ2v) is 7.47. The standard InChI is InChI=1S/C20H22ClNO2/c1-12-5-10-17-16(11-12)19(24-13(2)23)20(3,4)18(22-17)14-6-8-15(21)9-7-14/h5-11,18-19,22H,1-4H3. The summed E-state index contributed by atoms with van der Waals surface area (Å²) >= 11 is 6.03. The summed E-state index contributed by atoms with van der Waals surface area (Å²) in [5.41, 5.74) is 3.98. The Kier molecular flexibility index (Phi) is 4.31. The minimum atomic E-state index is -0.319. The molecule has 0 saturated carbocycles. The quantitative estimate of drug-likeness (QED) is 0.737. The molecule has 3 rings (SSSR count). The van der Waals surface area contributed by atoms with Gasteiger partial charge in [-0.15, -0.1) is 0 Å². The van der Waals surface area contributed by atoms with Crippen molar-refractivity contribution >= 4 is 23.3 Å². The predicted molar refractivity (Wildman–Crippen MR) is 97.3 cm³/mol. The number of rotatable bonds is 2. The number of carbonyl (C=O) groups is 1. The zero-order chi connectivity index (χ0) is 17.5. The number of aryl methyl sites for hydroxylation is 1. The molecule has 3 nitrogen and oxygen atoms in total. The first-order chi connectivity index (χ1) is 11.3. The van der Waals surface area contributed by atoms with Crippen LogP contribution in [0.3, 0.4) is 0 Å². The fraction of sp³-hybridized carbons (Fsp3) is 0.350. The van der Waals surface area contributed by atoms with Crippen LogP contribution in [-0.4, -0.2) is 5.97 Å². The van der Waals surface area contributed by atoms with E-state index in [-0.39, 0.29) is 23.5 Å². The van der Waals surface area contributed by atoms with Gasteiger partial charge >= 0.3 is 5.97 Å². The molecule has 2 aromatic rings. The number of hydrogen-bond donors (Lipinski definition) is 1. The van der Waals surface area contributed by atoms with E-state index >= 15 is 0 Å². The minimum absolute atomic E-state index is 0.00863. The third-order valence-corrected chi connectivity index (χ3v) is 4.95.